The Labute approximate surface area is 174 Å². The first-order chi connectivity index (χ1) is 13.6. The minimum atomic E-state index is -0.484. The number of hydrogen-bond acceptors (Lipinski definition) is 6. The van der Waals surface area contributed by atoms with E-state index in [4.69, 9.17) is 0 Å². The third kappa shape index (κ3) is 3.72. The van der Waals surface area contributed by atoms with E-state index in [1.165, 1.54) is 6.33 Å². The predicted octanol–water partition coefficient (Wildman–Crippen LogP) is 5.63. The van der Waals surface area contributed by atoms with Crippen LogP contribution in [0, 0.1) is 13.7 Å². The number of nitro groups is 1. The Morgan fingerprint density at radius 3 is 2.29 bits per heavy atom. The topological polar surface area (TPSA) is 93.0 Å². The first-order valence-corrected chi connectivity index (χ1v) is 9.46. The van der Waals surface area contributed by atoms with E-state index in [2.05, 4.69) is 43.2 Å². The normalized spacial score (nSPS) is 10.6. The maximum Gasteiger partial charge on any atom is 0.353 e. The number of nitrogens with zero attached hydrogens (tertiary/aromatic N) is 3. The van der Waals surface area contributed by atoms with Gasteiger partial charge in [0.1, 0.15) is 6.33 Å². The summed E-state index contributed by atoms with van der Waals surface area (Å²) in [5, 5.41) is 19.9. The van der Waals surface area contributed by atoms with Gasteiger partial charge in [-0.05, 0) is 58.3 Å². The van der Waals surface area contributed by atoms with Crippen LogP contribution in [0.3, 0.4) is 0 Å². The molecule has 1 aromatic heterocycles. The highest BCUT2D eigenvalue weighted by atomic mass is 127. The molecule has 0 spiro atoms. The number of rotatable bonds is 5. The maximum absolute atomic E-state index is 11.8. The maximum atomic E-state index is 11.8. The van der Waals surface area contributed by atoms with Gasteiger partial charge in [0.05, 0.1) is 4.92 Å². The van der Waals surface area contributed by atoms with Crippen LogP contribution in [0.5, 0.6) is 0 Å². The summed E-state index contributed by atoms with van der Waals surface area (Å²) >= 11 is 2.20. The van der Waals surface area contributed by atoms with Crippen LogP contribution in [0.15, 0.2) is 73.1 Å². The van der Waals surface area contributed by atoms with Gasteiger partial charge in [0, 0.05) is 20.3 Å². The summed E-state index contributed by atoms with van der Waals surface area (Å²) in [6.45, 7) is 0. The molecule has 0 amide bonds. The monoisotopic (exact) mass is 483 g/mol. The van der Waals surface area contributed by atoms with Crippen molar-refractivity contribution in [2.75, 3.05) is 10.6 Å². The van der Waals surface area contributed by atoms with Gasteiger partial charge in [0.2, 0.25) is 11.6 Å². The lowest BCUT2D eigenvalue weighted by Crippen LogP contribution is -2.05. The summed E-state index contributed by atoms with van der Waals surface area (Å²) in [6, 6.07) is 21.0. The van der Waals surface area contributed by atoms with E-state index < -0.39 is 4.92 Å². The molecule has 7 nitrogen and oxygen atoms in total. The highest BCUT2D eigenvalue weighted by molar-refractivity contribution is 14.1. The van der Waals surface area contributed by atoms with E-state index in [9.17, 15) is 10.1 Å². The third-order valence-corrected chi connectivity index (χ3v) is 4.87. The van der Waals surface area contributed by atoms with Crippen LogP contribution in [-0.2, 0) is 0 Å². The highest BCUT2D eigenvalue weighted by Crippen LogP contribution is 2.34. The number of anilines is 4. The zero-order valence-electron chi connectivity index (χ0n) is 14.5. The lowest BCUT2D eigenvalue weighted by molar-refractivity contribution is -0.383. The molecule has 0 unspecified atom stereocenters. The summed E-state index contributed by atoms with van der Waals surface area (Å²) in [6.07, 6.45) is 1.30. The van der Waals surface area contributed by atoms with Crippen molar-refractivity contribution in [2.45, 2.75) is 0 Å². The molecule has 2 N–H and O–H groups in total. The molecule has 0 bridgehead atoms. The summed E-state index contributed by atoms with van der Waals surface area (Å²) < 4.78 is 1.07. The quantitative estimate of drug-likeness (QED) is 0.217. The van der Waals surface area contributed by atoms with Gasteiger partial charge in [0.15, 0.2) is 0 Å². The number of hydrogen-bond donors (Lipinski definition) is 2. The molecule has 0 saturated heterocycles. The van der Waals surface area contributed by atoms with Crippen LogP contribution in [0.25, 0.3) is 10.8 Å². The molecule has 1 heterocycles. The Kier molecular flexibility index (Phi) is 5.02. The fraction of sp³-hybridized carbons (Fsp3) is 0. The molecule has 0 radical (unpaired) electrons. The zero-order valence-corrected chi connectivity index (χ0v) is 16.6. The second kappa shape index (κ2) is 7.77. The minimum Gasteiger partial charge on any atom is -0.334 e. The SMILES string of the molecule is O=[N+]([O-])c1c(Nc2ccc(I)cc2)ncnc1Nc1cccc2ccccc12. The lowest BCUT2D eigenvalue weighted by Gasteiger charge is -2.12. The Morgan fingerprint density at radius 2 is 1.54 bits per heavy atom. The van der Waals surface area contributed by atoms with Crippen LogP contribution in [0.2, 0.25) is 0 Å². The van der Waals surface area contributed by atoms with E-state index in [0.717, 1.165) is 20.0 Å². The van der Waals surface area contributed by atoms with Gasteiger partial charge in [-0.1, -0.05) is 36.4 Å². The smallest absolute Gasteiger partial charge is 0.334 e. The van der Waals surface area contributed by atoms with Crippen molar-refractivity contribution in [1.29, 1.82) is 0 Å². The number of benzene rings is 3. The number of nitrogens with one attached hydrogen (secondary N) is 2. The average molecular weight is 483 g/mol. The van der Waals surface area contributed by atoms with Crippen LogP contribution < -0.4 is 10.6 Å². The van der Waals surface area contributed by atoms with Crippen molar-refractivity contribution < 1.29 is 4.92 Å². The van der Waals surface area contributed by atoms with Crippen molar-refractivity contribution >= 4 is 62.1 Å². The molecule has 0 aliphatic rings. The van der Waals surface area contributed by atoms with E-state index >= 15 is 0 Å². The molecule has 0 atom stereocenters. The minimum absolute atomic E-state index is 0.129. The zero-order chi connectivity index (χ0) is 19.5. The van der Waals surface area contributed by atoms with Gasteiger partial charge in [0.25, 0.3) is 0 Å². The van der Waals surface area contributed by atoms with Crippen molar-refractivity contribution in [2.24, 2.45) is 0 Å². The van der Waals surface area contributed by atoms with Crippen LogP contribution in [0.4, 0.5) is 28.7 Å². The Hall–Kier alpha value is -3.27. The Bertz CT molecular complexity index is 1160. The van der Waals surface area contributed by atoms with Crippen LogP contribution in [0.1, 0.15) is 0 Å². The van der Waals surface area contributed by atoms with Crippen molar-refractivity contribution in [1.82, 2.24) is 9.97 Å². The lowest BCUT2D eigenvalue weighted by atomic mass is 10.1. The van der Waals surface area contributed by atoms with Gasteiger partial charge in [-0.3, -0.25) is 10.1 Å². The van der Waals surface area contributed by atoms with Gasteiger partial charge in [-0.15, -0.1) is 0 Å². The summed E-state index contributed by atoms with van der Waals surface area (Å²) in [5.41, 5.74) is 1.23. The van der Waals surface area contributed by atoms with Crippen LogP contribution >= 0.6 is 22.6 Å². The van der Waals surface area contributed by atoms with E-state index in [0.29, 0.717) is 5.69 Å². The van der Waals surface area contributed by atoms with E-state index in [-0.39, 0.29) is 17.3 Å². The Morgan fingerprint density at radius 1 is 0.857 bits per heavy atom. The van der Waals surface area contributed by atoms with Gasteiger partial charge in [-0.25, -0.2) is 9.97 Å². The van der Waals surface area contributed by atoms with Crippen LogP contribution in [-0.4, -0.2) is 14.9 Å². The highest BCUT2D eigenvalue weighted by Gasteiger charge is 2.23. The molecule has 28 heavy (non-hydrogen) atoms. The second-order valence-electron chi connectivity index (χ2n) is 5.96. The molecule has 8 heteroatoms. The molecule has 0 saturated carbocycles. The van der Waals surface area contributed by atoms with Crippen molar-refractivity contribution in [3.63, 3.8) is 0 Å². The number of aromatic nitrogens is 2. The van der Waals surface area contributed by atoms with E-state index in [1.54, 1.807) is 0 Å². The standard InChI is InChI=1S/C20H14IN5O2/c21-14-8-10-15(11-9-14)24-19-18(26(27)28)20(23-12-22-19)25-17-7-3-5-13-4-1-2-6-16(13)17/h1-12H,(H2,22,23,24,25). The summed E-state index contributed by atoms with van der Waals surface area (Å²) in [7, 11) is 0. The molecule has 0 fully saturated rings. The average Bonchev–Trinajstić information content (AvgIpc) is 2.70. The molecule has 0 aliphatic heterocycles. The predicted molar refractivity (Wildman–Crippen MR) is 118 cm³/mol. The van der Waals surface area contributed by atoms with E-state index in [1.807, 2.05) is 66.7 Å². The molecule has 4 aromatic rings. The fourth-order valence-corrected chi connectivity index (χ4v) is 3.23. The first-order valence-electron chi connectivity index (χ1n) is 8.38. The fourth-order valence-electron chi connectivity index (χ4n) is 2.87. The van der Waals surface area contributed by atoms with Gasteiger partial charge < -0.3 is 10.6 Å². The molecule has 0 aliphatic carbocycles. The molecule has 3 aromatic carbocycles. The number of halogens is 1. The molecular formula is C20H14IN5O2. The van der Waals surface area contributed by atoms with Gasteiger partial charge >= 0.3 is 5.69 Å². The second-order valence-corrected chi connectivity index (χ2v) is 7.21. The summed E-state index contributed by atoms with van der Waals surface area (Å²) in [5.74, 6) is 0.258. The largest absolute Gasteiger partial charge is 0.353 e. The van der Waals surface area contributed by atoms with Crippen molar-refractivity contribution in [3.05, 3.63) is 86.7 Å². The molecular weight excluding hydrogens is 469 g/mol. The third-order valence-electron chi connectivity index (χ3n) is 4.15. The Balaban J connectivity index is 1.74. The van der Waals surface area contributed by atoms with Gasteiger partial charge in [-0.2, -0.15) is 0 Å². The number of fused-ring (bicyclic) bond motifs is 1. The summed E-state index contributed by atoms with van der Waals surface area (Å²) in [4.78, 5) is 19.5. The van der Waals surface area contributed by atoms with Crippen molar-refractivity contribution in [3.8, 4) is 0 Å². The molecule has 4 rings (SSSR count). The first kappa shape index (κ1) is 18.1. The molecule has 138 valence electrons.